The maximum absolute atomic E-state index is 9.34. The van der Waals surface area contributed by atoms with Gasteiger partial charge in [-0.25, -0.2) is 0 Å². The Labute approximate surface area is 176 Å². The molecule has 0 saturated heterocycles. The molecule has 3 N–H and O–H groups in total. The normalized spacial score (nSPS) is 18.7. The molecule has 3 aromatic rings. The van der Waals surface area contributed by atoms with E-state index in [1.165, 1.54) is 0 Å². The number of rotatable bonds is 2. The van der Waals surface area contributed by atoms with E-state index in [1.807, 2.05) is 48.5 Å². The first-order valence-corrected chi connectivity index (χ1v) is 9.90. The molecule has 0 amide bonds. The molecule has 5 rings (SSSR count). The third-order valence-corrected chi connectivity index (χ3v) is 5.78. The standard InChI is InChI=1S/C23H16BrN3O2/c24-15-5-7-20-17(9-15)23(11-22(26)27-13-23)18-10-16(6-8-21(18)29-20)28-19-4-2-1-3-14(19)12-25/h1-11,27H,13,26H2/t23-/m0/s1. The third kappa shape index (κ3) is 2.82. The Morgan fingerprint density at radius 1 is 1.07 bits per heavy atom. The minimum Gasteiger partial charge on any atom is -0.457 e. The summed E-state index contributed by atoms with van der Waals surface area (Å²) in [5, 5.41) is 12.6. The molecule has 142 valence electrons. The second-order valence-corrected chi connectivity index (χ2v) is 7.95. The Bertz CT molecular complexity index is 1210. The number of fused-ring (bicyclic) bond motifs is 4. The van der Waals surface area contributed by atoms with Crippen molar-refractivity contribution in [3.8, 4) is 29.1 Å². The van der Waals surface area contributed by atoms with Gasteiger partial charge >= 0.3 is 0 Å². The zero-order chi connectivity index (χ0) is 20.0. The predicted octanol–water partition coefficient (Wildman–Crippen LogP) is 4.91. The van der Waals surface area contributed by atoms with E-state index in [9.17, 15) is 5.26 Å². The smallest absolute Gasteiger partial charge is 0.145 e. The van der Waals surface area contributed by atoms with Gasteiger partial charge in [0, 0.05) is 22.1 Å². The zero-order valence-electron chi connectivity index (χ0n) is 15.3. The Kier molecular flexibility index (Phi) is 4.00. The molecular weight excluding hydrogens is 430 g/mol. The van der Waals surface area contributed by atoms with Crippen LogP contribution < -0.4 is 20.5 Å². The number of halogens is 1. The van der Waals surface area contributed by atoms with E-state index in [4.69, 9.17) is 15.2 Å². The van der Waals surface area contributed by atoms with Crippen molar-refractivity contribution in [1.29, 1.82) is 5.26 Å². The average molecular weight is 446 g/mol. The van der Waals surface area contributed by atoms with Crippen LogP contribution in [0.4, 0.5) is 0 Å². The molecule has 6 heteroatoms. The summed E-state index contributed by atoms with van der Waals surface area (Å²) in [5.74, 6) is 3.34. The summed E-state index contributed by atoms with van der Waals surface area (Å²) in [6, 6.07) is 21.0. The number of nitriles is 1. The molecule has 0 aromatic heterocycles. The second-order valence-electron chi connectivity index (χ2n) is 7.04. The van der Waals surface area contributed by atoms with Crippen molar-refractivity contribution >= 4 is 15.9 Å². The van der Waals surface area contributed by atoms with Crippen LogP contribution in [0, 0.1) is 11.3 Å². The summed E-state index contributed by atoms with van der Waals surface area (Å²) in [7, 11) is 0. The number of benzene rings is 3. The number of nitrogens with zero attached hydrogens (tertiary/aromatic N) is 1. The van der Waals surface area contributed by atoms with Crippen molar-refractivity contribution < 1.29 is 9.47 Å². The van der Waals surface area contributed by atoms with E-state index < -0.39 is 5.41 Å². The van der Waals surface area contributed by atoms with Gasteiger partial charge in [0.05, 0.1) is 16.8 Å². The average Bonchev–Trinajstić information content (AvgIpc) is 3.12. The van der Waals surface area contributed by atoms with Crippen LogP contribution in [0.15, 0.2) is 77.0 Å². The minimum atomic E-state index is -0.467. The van der Waals surface area contributed by atoms with Crippen molar-refractivity contribution in [1.82, 2.24) is 5.32 Å². The van der Waals surface area contributed by atoms with E-state index in [-0.39, 0.29) is 0 Å². The van der Waals surface area contributed by atoms with Gasteiger partial charge < -0.3 is 20.5 Å². The monoisotopic (exact) mass is 445 g/mol. The molecule has 3 aromatic carbocycles. The maximum Gasteiger partial charge on any atom is 0.145 e. The van der Waals surface area contributed by atoms with Crippen LogP contribution in [0.3, 0.4) is 0 Å². The van der Waals surface area contributed by atoms with Crippen molar-refractivity contribution in [2.45, 2.75) is 5.41 Å². The summed E-state index contributed by atoms with van der Waals surface area (Å²) in [4.78, 5) is 0. The van der Waals surface area contributed by atoms with E-state index in [0.717, 1.165) is 27.1 Å². The molecule has 2 heterocycles. The molecule has 29 heavy (non-hydrogen) atoms. The Balaban J connectivity index is 1.65. The molecule has 5 nitrogen and oxygen atoms in total. The topological polar surface area (TPSA) is 80.3 Å². The molecule has 2 aliphatic heterocycles. The second kappa shape index (κ2) is 6.57. The van der Waals surface area contributed by atoms with Crippen molar-refractivity contribution in [2.75, 3.05) is 6.54 Å². The van der Waals surface area contributed by atoms with Crippen LogP contribution in [0.2, 0.25) is 0 Å². The van der Waals surface area contributed by atoms with Gasteiger partial charge in [-0.1, -0.05) is 28.1 Å². The highest BCUT2D eigenvalue weighted by Gasteiger charge is 2.44. The first kappa shape index (κ1) is 17.7. The molecule has 2 aliphatic rings. The van der Waals surface area contributed by atoms with E-state index >= 15 is 0 Å². The van der Waals surface area contributed by atoms with Crippen LogP contribution in [0.25, 0.3) is 0 Å². The first-order chi connectivity index (χ1) is 14.1. The third-order valence-electron chi connectivity index (χ3n) is 5.28. The summed E-state index contributed by atoms with van der Waals surface area (Å²) < 4.78 is 13.2. The van der Waals surface area contributed by atoms with Crippen LogP contribution >= 0.6 is 15.9 Å². The van der Waals surface area contributed by atoms with Crippen LogP contribution in [0.1, 0.15) is 16.7 Å². The van der Waals surface area contributed by atoms with Gasteiger partial charge in [-0.2, -0.15) is 5.26 Å². The summed E-state index contributed by atoms with van der Waals surface area (Å²) >= 11 is 3.57. The van der Waals surface area contributed by atoms with Gasteiger partial charge in [-0.05, 0) is 54.6 Å². The first-order valence-electron chi connectivity index (χ1n) is 9.11. The van der Waals surface area contributed by atoms with E-state index in [1.54, 1.807) is 12.1 Å². The fraction of sp³-hybridized carbons (Fsp3) is 0.0870. The molecule has 1 spiro atoms. The van der Waals surface area contributed by atoms with Gasteiger partial charge in [-0.15, -0.1) is 0 Å². The molecule has 0 fully saturated rings. The lowest BCUT2D eigenvalue weighted by Gasteiger charge is -2.35. The molecule has 0 unspecified atom stereocenters. The summed E-state index contributed by atoms with van der Waals surface area (Å²) in [6.07, 6.45) is 2.03. The molecule has 0 bridgehead atoms. The van der Waals surface area contributed by atoms with E-state index in [0.29, 0.717) is 29.4 Å². The molecule has 0 aliphatic carbocycles. The highest BCUT2D eigenvalue weighted by molar-refractivity contribution is 9.10. The minimum absolute atomic E-state index is 0.467. The fourth-order valence-electron chi connectivity index (χ4n) is 3.94. The quantitative estimate of drug-likeness (QED) is 0.585. The summed E-state index contributed by atoms with van der Waals surface area (Å²) in [6.45, 7) is 0.622. The largest absolute Gasteiger partial charge is 0.457 e. The zero-order valence-corrected chi connectivity index (χ0v) is 16.9. The number of hydrogen-bond donors (Lipinski definition) is 2. The molecule has 1 atom stereocenters. The fourth-order valence-corrected chi connectivity index (χ4v) is 4.30. The Morgan fingerprint density at radius 3 is 2.59 bits per heavy atom. The van der Waals surface area contributed by atoms with Crippen molar-refractivity contribution in [3.05, 3.63) is 93.7 Å². The van der Waals surface area contributed by atoms with E-state index in [2.05, 4.69) is 33.4 Å². The lowest BCUT2D eigenvalue weighted by molar-refractivity contribution is 0.418. The number of hydrogen-bond acceptors (Lipinski definition) is 5. The van der Waals surface area contributed by atoms with Gasteiger partial charge in [-0.3, -0.25) is 0 Å². The predicted molar refractivity (Wildman–Crippen MR) is 113 cm³/mol. The maximum atomic E-state index is 9.34. The van der Waals surface area contributed by atoms with Crippen molar-refractivity contribution in [3.63, 3.8) is 0 Å². The van der Waals surface area contributed by atoms with Crippen LogP contribution in [-0.4, -0.2) is 6.54 Å². The lowest BCUT2D eigenvalue weighted by atomic mass is 9.73. The highest BCUT2D eigenvalue weighted by atomic mass is 79.9. The lowest BCUT2D eigenvalue weighted by Crippen LogP contribution is -2.34. The Morgan fingerprint density at radius 2 is 1.83 bits per heavy atom. The number of nitrogens with one attached hydrogen (secondary N) is 1. The number of para-hydroxylation sites is 1. The SMILES string of the molecule is N#Cc1ccccc1Oc1ccc2c(c1)[C@]1(C=C(N)NC1)c1cc(Br)ccc1O2. The van der Waals surface area contributed by atoms with Crippen LogP contribution in [0.5, 0.6) is 23.0 Å². The van der Waals surface area contributed by atoms with Gasteiger partial charge in [0.2, 0.25) is 0 Å². The molecule has 0 radical (unpaired) electrons. The summed E-state index contributed by atoms with van der Waals surface area (Å²) in [5.41, 5.74) is 8.13. The number of nitrogens with two attached hydrogens (primary N) is 1. The van der Waals surface area contributed by atoms with Gasteiger partial charge in [0.25, 0.3) is 0 Å². The highest BCUT2D eigenvalue weighted by Crippen LogP contribution is 2.52. The molecule has 0 saturated carbocycles. The Hall–Kier alpha value is -3.43. The van der Waals surface area contributed by atoms with Gasteiger partial charge in [0.1, 0.15) is 29.1 Å². The van der Waals surface area contributed by atoms with Gasteiger partial charge in [0.15, 0.2) is 0 Å². The number of ether oxygens (including phenoxy) is 2. The molecular formula is C23H16BrN3O2. The van der Waals surface area contributed by atoms with Crippen LogP contribution in [-0.2, 0) is 5.41 Å². The van der Waals surface area contributed by atoms with Crippen molar-refractivity contribution in [2.24, 2.45) is 5.73 Å².